The predicted octanol–water partition coefficient (Wildman–Crippen LogP) is 1.73. The average molecular weight is 353 g/mol. The number of hydrogen-bond donors (Lipinski definition) is 1. The molecule has 7 heteroatoms. The van der Waals surface area contributed by atoms with E-state index < -0.39 is 0 Å². The van der Waals surface area contributed by atoms with Crippen molar-refractivity contribution in [2.75, 3.05) is 49.6 Å². The third-order valence-electron chi connectivity index (χ3n) is 4.28. The van der Waals surface area contributed by atoms with Gasteiger partial charge in [0.2, 0.25) is 5.95 Å². The number of piperazine rings is 1. The van der Waals surface area contributed by atoms with Crippen molar-refractivity contribution in [3.63, 3.8) is 0 Å². The number of anilines is 2. The number of nitrogens with zero attached hydrogens (tertiary/aromatic N) is 4. The molecule has 26 heavy (non-hydrogen) atoms. The Morgan fingerprint density at radius 3 is 2.54 bits per heavy atom. The van der Waals surface area contributed by atoms with Crippen molar-refractivity contribution < 1.29 is 9.53 Å². The first-order chi connectivity index (χ1) is 12.7. The molecule has 7 nitrogen and oxygen atoms in total. The van der Waals surface area contributed by atoms with Crippen LogP contribution in [0.1, 0.15) is 10.5 Å². The van der Waals surface area contributed by atoms with E-state index in [9.17, 15) is 4.79 Å². The van der Waals surface area contributed by atoms with Crippen LogP contribution in [0.4, 0.5) is 11.6 Å². The van der Waals surface area contributed by atoms with Gasteiger partial charge in [-0.2, -0.15) is 0 Å². The van der Waals surface area contributed by atoms with Gasteiger partial charge in [-0.3, -0.25) is 4.79 Å². The van der Waals surface area contributed by atoms with Crippen LogP contribution in [0.5, 0.6) is 5.75 Å². The lowest BCUT2D eigenvalue weighted by Crippen LogP contribution is -2.47. The van der Waals surface area contributed by atoms with Crippen LogP contribution < -0.4 is 19.9 Å². The third kappa shape index (κ3) is 4.11. The van der Waals surface area contributed by atoms with E-state index in [4.69, 9.17) is 4.74 Å². The lowest BCUT2D eigenvalue weighted by molar-refractivity contribution is 0.0953. The Morgan fingerprint density at radius 1 is 1.19 bits per heavy atom. The summed E-state index contributed by atoms with van der Waals surface area (Å²) in [5, 5.41) is 2.73. The SMILES string of the molecule is C=CCNC(=O)c1ccnc(N2CCN(c3ccc(OC)cc3)CC2)n1. The molecule has 0 bridgehead atoms. The molecule has 0 spiro atoms. The predicted molar refractivity (Wildman–Crippen MR) is 102 cm³/mol. The summed E-state index contributed by atoms with van der Waals surface area (Å²) in [6, 6.07) is 9.69. The summed E-state index contributed by atoms with van der Waals surface area (Å²) in [7, 11) is 1.67. The first kappa shape index (κ1) is 17.7. The lowest BCUT2D eigenvalue weighted by atomic mass is 10.2. The largest absolute Gasteiger partial charge is 0.497 e. The number of benzene rings is 1. The van der Waals surface area contributed by atoms with Gasteiger partial charge in [-0.1, -0.05) is 6.08 Å². The van der Waals surface area contributed by atoms with E-state index >= 15 is 0 Å². The summed E-state index contributed by atoms with van der Waals surface area (Å²) in [5.41, 5.74) is 1.54. The van der Waals surface area contributed by atoms with Crippen molar-refractivity contribution in [3.8, 4) is 5.75 Å². The Morgan fingerprint density at radius 2 is 1.88 bits per heavy atom. The van der Waals surface area contributed by atoms with E-state index in [0.29, 0.717) is 18.2 Å². The fourth-order valence-electron chi connectivity index (χ4n) is 2.84. The third-order valence-corrected chi connectivity index (χ3v) is 4.28. The number of amides is 1. The molecule has 0 atom stereocenters. The van der Waals surface area contributed by atoms with Crippen LogP contribution in [0.3, 0.4) is 0 Å². The maximum absolute atomic E-state index is 12.0. The van der Waals surface area contributed by atoms with E-state index in [-0.39, 0.29) is 5.91 Å². The summed E-state index contributed by atoms with van der Waals surface area (Å²) < 4.78 is 5.21. The van der Waals surface area contributed by atoms with Gasteiger partial charge in [0.15, 0.2) is 0 Å². The molecule has 0 unspecified atom stereocenters. The van der Waals surface area contributed by atoms with Crippen LogP contribution >= 0.6 is 0 Å². The van der Waals surface area contributed by atoms with Gasteiger partial charge in [0, 0.05) is 44.6 Å². The molecule has 0 radical (unpaired) electrons. The molecule has 2 aromatic rings. The Kier molecular flexibility index (Phi) is 5.68. The molecule has 1 N–H and O–H groups in total. The molecular weight excluding hydrogens is 330 g/mol. The minimum Gasteiger partial charge on any atom is -0.497 e. The molecule has 0 aliphatic carbocycles. The molecule has 136 valence electrons. The van der Waals surface area contributed by atoms with Gasteiger partial charge in [0.25, 0.3) is 5.91 Å². The number of nitrogens with one attached hydrogen (secondary N) is 1. The molecule has 1 aliphatic rings. The van der Waals surface area contributed by atoms with Gasteiger partial charge >= 0.3 is 0 Å². The fourth-order valence-corrected chi connectivity index (χ4v) is 2.84. The van der Waals surface area contributed by atoms with Gasteiger partial charge in [0.1, 0.15) is 11.4 Å². The van der Waals surface area contributed by atoms with Gasteiger partial charge in [-0.15, -0.1) is 6.58 Å². The van der Waals surface area contributed by atoms with Gasteiger partial charge in [0.05, 0.1) is 7.11 Å². The van der Waals surface area contributed by atoms with Gasteiger partial charge < -0.3 is 19.9 Å². The van der Waals surface area contributed by atoms with Crippen molar-refractivity contribution in [1.29, 1.82) is 0 Å². The van der Waals surface area contributed by atoms with Gasteiger partial charge in [-0.05, 0) is 30.3 Å². The minimum atomic E-state index is -0.217. The molecule has 1 saturated heterocycles. The second-order valence-electron chi connectivity index (χ2n) is 5.91. The number of carbonyl (C=O) groups excluding carboxylic acids is 1. The summed E-state index contributed by atoms with van der Waals surface area (Å²) in [6.07, 6.45) is 3.26. The minimum absolute atomic E-state index is 0.217. The van der Waals surface area contributed by atoms with E-state index in [2.05, 4.69) is 43.8 Å². The van der Waals surface area contributed by atoms with Crippen LogP contribution in [-0.4, -0.2) is 55.7 Å². The van der Waals surface area contributed by atoms with Crippen LogP contribution in [0.2, 0.25) is 0 Å². The topological polar surface area (TPSA) is 70.6 Å². The molecule has 3 rings (SSSR count). The van der Waals surface area contributed by atoms with Gasteiger partial charge in [-0.25, -0.2) is 9.97 Å². The molecule has 2 heterocycles. The Bertz CT molecular complexity index is 755. The number of hydrogen-bond acceptors (Lipinski definition) is 6. The first-order valence-electron chi connectivity index (χ1n) is 8.57. The highest BCUT2D eigenvalue weighted by Crippen LogP contribution is 2.21. The number of rotatable bonds is 6. The molecule has 1 fully saturated rings. The molecule has 1 amide bonds. The van der Waals surface area contributed by atoms with E-state index in [1.165, 1.54) is 5.69 Å². The van der Waals surface area contributed by atoms with Crippen molar-refractivity contribution in [3.05, 3.63) is 54.9 Å². The van der Waals surface area contributed by atoms with Crippen LogP contribution in [0, 0.1) is 0 Å². The summed E-state index contributed by atoms with van der Waals surface area (Å²) >= 11 is 0. The highest BCUT2D eigenvalue weighted by atomic mass is 16.5. The zero-order chi connectivity index (χ0) is 18.4. The summed E-state index contributed by atoms with van der Waals surface area (Å²) in [4.78, 5) is 25.2. The summed E-state index contributed by atoms with van der Waals surface area (Å²) in [5.74, 6) is 1.23. The zero-order valence-electron chi connectivity index (χ0n) is 14.9. The highest BCUT2D eigenvalue weighted by molar-refractivity contribution is 5.92. The molecular formula is C19H23N5O2. The highest BCUT2D eigenvalue weighted by Gasteiger charge is 2.20. The smallest absolute Gasteiger partial charge is 0.270 e. The lowest BCUT2D eigenvalue weighted by Gasteiger charge is -2.36. The van der Waals surface area contributed by atoms with Crippen LogP contribution in [0.25, 0.3) is 0 Å². The monoisotopic (exact) mass is 353 g/mol. The number of methoxy groups -OCH3 is 1. The normalized spacial score (nSPS) is 14.0. The Labute approximate surface area is 153 Å². The average Bonchev–Trinajstić information content (AvgIpc) is 2.72. The summed E-state index contributed by atoms with van der Waals surface area (Å²) in [6.45, 7) is 7.33. The van der Waals surface area contributed by atoms with Crippen molar-refractivity contribution in [1.82, 2.24) is 15.3 Å². The maximum Gasteiger partial charge on any atom is 0.270 e. The molecule has 0 saturated carbocycles. The van der Waals surface area contributed by atoms with Crippen LogP contribution in [-0.2, 0) is 0 Å². The van der Waals surface area contributed by atoms with Crippen molar-refractivity contribution in [2.45, 2.75) is 0 Å². The number of aromatic nitrogens is 2. The molecule has 1 aliphatic heterocycles. The van der Waals surface area contributed by atoms with E-state index in [1.54, 1.807) is 25.4 Å². The van der Waals surface area contributed by atoms with Crippen molar-refractivity contribution in [2.24, 2.45) is 0 Å². The fraction of sp³-hybridized carbons (Fsp3) is 0.316. The second kappa shape index (κ2) is 8.33. The second-order valence-corrected chi connectivity index (χ2v) is 5.91. The van der Waals surface area contributed by atoms with E-state index in [1.807, 2.05) is 12.1 Å². The first-order valence-corrected chi connectivity index (χ1v) is 8.57. The molecule has 1 aromatic carbocycles. The zero-order valence-corrected chi connectivity index (χ0v) is 14.9. The standard InChI is InChI=1S/C19H23N5O2/c1-3-9-20-18(25)17-8-10-21-19(22-17)24-13-11-23(12-14-24)15-4-6-16(26-2)7-5-15/h3-8,10H,1,9,11-14H2,2H3,(H,20,25). The Balaban J connectivity index is 1.62. The van der Waals surface area contributed by atoms with E-state index in [0.717, 1.165) is 31.9 Å². The maximum atomic E-state index is 12.0. The van der Waals surface area contributed by atoms with Crippen LogP contribution in [0.15, 0.2) is 49.2 Å². The number of ether oxygens (including phenoxy) is 1. The molecule has 1 aromatic heterocycles. The number of carbonyl (C=O) groups is 1. The Hall–Kier alpha value is -3.09. The quantitative estimate of drug-likeness (QED) is 0.798. The van der Waals surface area contributed by atoms with Crippen molar-refractivity contribution >= 4 is 17.5 Å².